The van der Waals surface area contributed by atoms with Crippen molar-refractivity contribution in [2.24, 2.45) is 5.92 Å². The topological polar surface area (TPSA) is 32.3 Å². The van der Waals surface area contributed by atoms with Crippen molar-refractivity contribution in [3.63, 3.8) is 0 Å². The van der Waals surface area contributed by atoms with Crippen molar-refractivity contribution in [2.75, 3.05) is 19.6 Å². The van der Waals surface area contributed by atoms with Crippen molar-refractivity contribution < 1.29 is 4.79 Å². The normalized spacial score (nSPS) is 22.3. The monoisotopic (exact) mass is 212 g/mol. The zero-order chi connectivity index (χ0) is 11.3. The molecule has 0 aromatic heterocycles. The van der Waals surface area contributed by atoms with Crippen LogP contribution in [0.15, 0.2) is 0 Å². The van der Waals surface area contributed by atoms with E-state index in [1.54, 1.807) is 0 Å². The van der Waals surface area contributed by atoms with Crippen LogP contribution in [0.4, 0.5) is 0 Å². The van der Waals surface area contributed by atoms with Crippen LogP contribution in [-0.2, 0) is 4.79 Å². The number of nitrogens with one attached hydrogen (secondary N) is 1. The second kappa shape index (κ2) is 6.11. The second-order valence-corrected chi connectivity index (χ2v) is 4.83. The van der Waals surface area contributed by atoms with Gasteiger partial charge >= 0.3 is 0 Å². The predicted octanol–water partition coefficient (Wildman–Crippen LogP) is 1.63. The number of amides is 1. The first-order chi connectivity index (χ1) is 7.13. The predicted molar refractivity (Wildman–Crippen MR) is 62.7 cm³/mol. The molecular weight excluding hydrogens is 188 g/mol. The molecule has 1 rings (SSSR count). The zero-order valence-corrected chi connectivity index (χ0v) is 10.3. The maximum atomic E-state index is 11.5. The number of nitrogens with zero attached hydrogens (tertiary/aromatic N) is 1. The molecule has 0 aliphatic carbocycles. The average Bonchev–Trinajstić information content (AvgIpc) is 2.60. The first-order valence-electron chi connectivity index (χ1n) is 6.14. The molecule has 0 bridgehead atoms. The molecule has 15 heavy (non-hydrogen) atoms. The molecule has 1 aliphatic heterocycles. The Morgan fingerprint density at radius 1 is 1.53 bits per heavy atom. The molecule has 3 nitrogen and oxygen atoms in total. The van der Waals surface area contributed by atoms with Crippen LogP contribution in [0.25, 0.3) is 0 Å². The van der Waals surface area contributed by atoms with Gasteiger partial charge in [-0.1, -0.05) is 20.8 Å². The largest absolute Gasteiger partial charge is 0.355 e. The molecule has 0 radical (unpaired) electrons. The van der Waals surface area contributed by atoms with Crippen molar-refractivity contribution in [1.82, 2.24) is 10.2 Å². The van der Waals surface area contributed by atoms with E-state index in [9.17, 15) is 4.79 Å². The van der Waals surface area contributed by atoms with E-state index < -0.39 is 0 Å². The van der Waals surface area contributed by atoms with Crippen molar-refractivity contribution >= 4 is 5.91 Å². The van der Waals surface area contributed by atoms with Gasteiger partial charge < -0.3 is 5.32 Å². The van der Waals surface area contributed by atoms with Gasteiger partial charge in [0.05, 0.1) is 0 Å². The molecule has 1 unspecified atom stereocenters. The quantitative estimate of drug-likeness (QED) is 0.751. The number of likely N-dealkylation sites (N-methyl/N-ethyl adjacent to an activating group) is 1. The molecule has 0 saturated carbocycles. The average molecular weight is 212 g/mol. The lowest BCUT2D eigenvalue weighted by molar-refractivity contribution is -0.122. The fourth-order valence-corrected chi connectivity index (χ4v) is 2.22. The Bertz CT molecular complexity index is 204. The van der Waals surface area contributed by atoms with Crippen LogP contribution in [0.5, 0.6) is 0 Å². The van der Waals surface area contributed by atoms with Crippen LogP contribution < -0.4 is 5.32 Å². The fourth-order valence-electron chi connectivity index (χ4n) is 2.22. The van der Waals surface area contributed by atoms with E-state index in [0.717, 1.165) is 13.1 Å². The maximum absolute atomic E-state index is 11.5. The van der Waals surface area contributed by atoms with Crippen LogP contribution in [0, 0.1) is 5.92 Å². The minimum absolute atomic E-state index is 0.202. The van der Waals surface area contributed by atoms with Crippen LogP contribution in [-0.4, -0.2) is 36.5 Å². The lowest BCUT2D eigenvalue weighted by Crippen LogP contribution is -2.40. The zero-order valence-electron chi connectivity index (χ0n) is 10.3. The molecule has 1 amide bonds. The SMILES string of the molecule is CCN1CCCC1CNC(=O)CC(C)C. The summed E-state index contributed by atoms with van der Waals surface area (Å²) in [6, 6.07) is 0.575. The molecule has 88 valence electrons. The third-order valence-electron chi connectivity index (χ3n) is 3.03. The van der Waals surface area contributed by atoms with Crippen LogP contribution >= 0.6 is 0 Å². The van der Waals surface area contributed by atoms with E-state index in [4.69, 9.17) is 0 Å². The third kappa shape index (κ3) is 4.20. The van der Waals surface area contributed by atoms with E-state index in [1.165, 1.54) is 19.4 Å². The standard InChI is InChI=1S/C12H24N2O/c1-4-14-7-5-6-11(14)9-13-12(15)8-10(2)3/h10-11H,4-9H2,1-3H3,(H,13,15). The van der Waals surface area contributed by atoms with Gasteiger partial charge in [0.1, 0.15) is 0 Å². The van der Waals surface area contributed by atoms with Crippen molar-refractivity contribution in [2.45, 2.75) is 46.1 Å². The minimum Gasteiger partial charge on any atom is -0.355 e. The highest BCUT2D eigenvalue weighted by atomic mass is 16.1. The van der Waals surface area contributed by atoms with Gasteiger partial charge in [0.25, 0.3) is 0 Å². The van der Waals surface area contributed by atoms with E-state index in [1.807, 2.05) is 0 Å². The summed E-state index contributed by atoms with van der Waals surface area (Å²) in [6.07, 6.45) is 3.16. The number of carbonyl (C=O) groups excluding carboxylic acids is 1. The van der Waals surface area contributed by atoms with E-state index in [-0.39, 0.29) is 5.91 Å². The number of hydrogen-bond acceptors (Lipinski definition) is 2. The summed E-state index contributed by atoms with van der Waals surface area (Å²) in [5, 5.41) is 3.04. The summed E-state index contributed by atoms with van der Waals surface area (Å²) in [7, 11) is 0. The van der Waals surface area contributed by atoms with Crippen molar-refractivity contribution in [1.29, 1.82) is 0 Å². The Morgan fingerprint density at radius 3 is 2.87 bits per heavy atom. The Kier molecular flexibility index (Phi) is 5.09. The highest BCUT2D eigenvalue weighted by molar-refractivity contribution is 5.76. The highest BCUT2D eigenvalue weighted by Gasteiger charge is 2.22. The number of carbonyl (C=O) groups is 1. The number of rotatable bonds is 5. The Hall–Kier alpha value is -0.570. The van der Waals surface area contributed by atoms with Gasteiger partial charge in [-0.3, -0.25) is 9.69 Å². The molecule has 3 heteroatoms. The molecule has 0 spiro atoms. The van der Waals surface area contributed by atoms with Gasteiger partial charge in [-0.2, -0.15) is 0 Å². The van der Waals surface area contributed by atoms with Gasteiger partial charge in [-0.15, -0.1) is 0 Å². The van der Waals surface area contributed by atoms with Crippen LogP contribution in [0.1, 0.15) is 40.0 Å². The summed E-state index contributed by atoms with van der Waals surface area (Å²) in [6.45, 7) is 9.47. The number of likely N-dealkylation sites (tertiary alicyclic amines) is 1. The molecular formula is C12H24N2O. The minimum atomic E-state index is 0.202. The van der Waals surface area contributed by atoms with E-state index >= 15 is 0 Å². The summed E-state index contributed by atoms with van der Waals surface area (Å²) in [5.41, 5.74) is 0. The third-order valence-corrected chi connectivity index (χ3v) is 3.03. The van der Waals surface area contributed by atoms with E-state index in [0.29, 0.717) is 18.4 Å². The van der Waals surface area contributed by atoms with Crippen LogP contribution in [0.2, 0.25) is 0 Å². The van der Waals surface area contributed by atoms with Crippen molar-refractivity contribution in [3.8, 4) is 0 Å². The van der Waals surface area contributed by atoms with Gasteiger partial charge in [0.2, 0.25) is 5.91 Å². The summed E-state index contributed by atoms with van der Waals surface area (Å²) in [5.74, 6) is 0.656. The Balaban J connectivity index is 2.21. The van der Waals surface area contributed by atoms with E-state index in [2.05, 4.69) is 31.0 Å². The highest BCUT2D eigenvalue weighted by Crippen LogP contribution is 2.15. The molecule has 1 N–H and O–H groups in total. The summed E-state index contributed by atoms with van der Waals surface area (Å²) < 4.78 is 0. The molecule has 1 aliphatic rings. The van der Waals surface area contributed by atoms with Crippen LogP contribution in [0.3, 0.4) is 0 Å². The maximum Gasteiger partial charge on any atom is 0.220 e. The summed E-state index contributed by atoms with van der Waals surface area (Å²) >= 11 is 0. The molecule has 1 saturated heterocycles. The van der Waals surface area contributed by atoms with Gasteiger partial charge in [-0.25, -0.2) is 0 Å². The Labute approximate surface area is 93.2 Å². The Morgan fingerprint density at radius 2 is 2.27 bits per heavy atom. The molecule has 1 atom stereocenters. The molecule has 0 aromatic carbocycles. The van der Waals surface area contributed by atoms with Gasteiger partial charge in [0, 0.05) is 19.0 Å². The first kappa shape index (κ1) is 12.5. The number of hydrogen-bond donors (Lipinski definition) is 1. The second-order valence-electron chi connectivity index (χ2n) is 4.83. The van der Waals surface area contributed by atoms with Gasteiger partial charge in [-0.05, 0) is 31.8 Å². The van der Waals surface area contributed by atoms with Crippen molar-refractivity contribution in [3.05, 3.63) is 0 Å². The molecule has 0 aromatic rings. The van der Waals surface area contributed by atoms with Gasteiger partial charge in [0.15, 0.2) is 0 Å². The lowest BCUT2D eigenvalue weighted by atomic mass is 10.1. The molecule has 1 fully saturated rings. The summed E-state index contributed by atoms with van der Waals surface area (Å²) in [4.78, 5) is 13.9. The first-order valence-corrected chi connectivity index (χ1v) is 6.14. The smallest absolute Gasteiger partial charge is 0.220 e. The lowest BCUT2D eigenvalue weighted by Gasteiger charge is -2.23. The molecule has 1 heterocycles. The fraction of sp³-hybridized carbons (Fsp3) is 0.917.